The van der Waals surface area contributed by atoms with Crippen LogP contribution in [0.5, 0.6) is 5.75 Å². The first-order valence-electron chi connectivity index (χ1n) is 8.60. The van der Waals surface area contributed by atoms with Gasteiger partial charge in [0.2, 0.25) is 0 Å². The predicted molar refractivity (Wildman–Crippen MR) is 106 cm³/mol. The van der Waals surface area contributed by atoms with Gasteiger partial charge < -0.3 is 14.8 Å². The number of hydrogen-bond acceptors (Lipinski definition) is 4. The molecular formula is C21H24ClNO4. The Morgan fingerprint density at radius 2 is 1.70 bits per heavy atom. The lowest BCUT2D eigenvalue weighted by atomic mass is 9.87. The van der Waals surface area contributed by atoms with Crippen molar-refractivity contribution in [1.29, 1.82) is 0 Å². The van der Waals surface area contributed by atoms with E-state index in [1.54, 1.807) is 12.1 Å². The largest absolute Gasteiger partial charge is 0.480 e. The molecule has 0 atom stereocenters. The Labute approximate surface area is 164 Å². The summed E-state index contributed by atoms with van der Waals surface area (Å²) in [6.07, 6.45) is 0. The average Bonchev–Trinajstić information content (AvgIpc) is 2.60. The fourth-order valence-corrected chi connectivity index (χ4v) is 2.47. The van der Waals surface area contributed by atoms with E-state index < -0.39 is 11.9 Å². The molecule has 0 aliphatic carbocycles. The van der Waals surface area contributed by atoms with E-state index in [2.05, 4.69) is 26.1 Å². The van der Waals surface area contributed by atoms with E-state index in [4.69, 9.17) is 21.1 Å². The van der Waals surface area contributed by atoms with E-state index in [9.17, 15) is 9.59 Å². The molecule has 0 aliphatic rings. The minimum Gasteiger partial charge on any atom is -0.480 e. The molecule has 0 aliphatic heterocycles. The molecule has 0 spiro atoms. The zero-order valence-electron chi connectivity index (χ0n) is 16.0. The highest BCUT2D eigenvalue weighted by Crippen LogP contribution is 2.25. The Bertz CT molecular complexity index is 810. The number of hydrogen-bond donors (Lipinski definition) is 1. The minimum atomic E-state index is -0.647. The van der Waals surface area contributed by atoms with Crippen LogP contribution < -0.4 is 10.1 Å². The zero-order valence-corrected chi connectivity index (χ0v) is 16.7. The van der Waals surface area contributed by atoms with Crippen molar-refractivity contribution in [2.24, 2.45) is 0 Å². The molecule has 0 heterocycles. The summed E-state index contributed by atoms with van der Waals surface area (Å²) in [7, 11) is 0. The van der Waals surface area contributed by atoms with Crippen LogP contribution in [0.3, 0.4) is 0 Å². The molecule has 0 unspecified atom stereocenters. The number of rotatable bonds is 6. The summed E-state index contributed by atoms with van der Waals surface area (Å²) >= 11 is 6.00. The zero-order chi connectivity index (χ0) is 20.0. The fraction of sp³-hybridized carbons (Fsp3) is 0.333. The maximum absolute atomic E-state index is 11.9. The summed E-state index contributed by atoms with van der Waals surface area (Å²) < 4.78 is 10.3. The maximum atomic E-state index is 11.9. The van der Waals surface area contributed by atoms with Crippen molar-refractivity contribution >= 4 is 29.2 Å². The third kappa shape index (κ3) is 6.61. The number of carbonyl (C=O) groups excluding carboxylic acids is 2. The van der Waals surface area contributed by atoms with E-state index >= 15 is 0 Å². The molecule has 5 nitrogen and oxygen atoms in total. The highest BCUT2D eigenvalue weighted by atomic mass is 35.5. The Morgan fingerprint density at radius 1 is 1.04 bits per heavy atom. The van der Waals surface area contributed by atoms with Gasteiger partial charge in [-0.15, -0.1) is 0 Å². The van der Waals surface area contributed by atoms with Gasteiger partial charge >= 0.3 is 5.97 Å². The van der Waals surface area contributed by atoms with E-state index in [-0.39, 0.29) is 18.6 Å². The lowest BCUT2D eigenvalue weighted by Gasteiger charge is -2.19. The molecule has 6 heteroatoms. The number of carbonyl (C=O) groups is 2. The van der Waals surface area contributed by atoms with Crippen LogP contribution in [0.4, 0.5) is 5.69 Å². The number of esters is 1. The van der Waals surface area contributed by atoms with Gasteiger partial charge in [-0.1, -0.05) is 50.6 Å². The third-order valence-corrected chi connectivity index (χ3v) is 4.14. The molecular weight excluding hydrogens is 366 g/mol. The van der Waals surface area contributed by atoms with Gasteiger partial charge in [0.1, 0.15) is 5.75 Å². The van der Waals surface area contributed by atoms with Crippen LogP contribution >= 0.6 is 11.6 Å². The van der Waals surface area contributed by atoms with Crippen LogP contribution in [-0.4, -0.2) is 25.1 Å². The van der Waals surface area contributed by atoms with Gasteiger partial charge in [0, 0.05) is 5.69 Å². The molecule has 0 saturated carbocycles. The second kappa shape index (κ2) is 8.91. The van der Waals surface area contributed by atoms with Gasteiger partial charge in [0.15, 0.2) is 13.2 Å². The Balaban J connectivity index is 1.78. The van der Waals surface area contributed by atoms with Crippen molar-refractivity contribution in [3.8, 4) is 5.75 Å². The molecule has 0 aromatic heterocycles. The molecule has 2 rings (SSSR count). The molecule has 2 aromatic rings. The molecule has 0 saturated heterocycles. The molecule has 1 amide bonds. The quantitative estimate of drug-likeness (QED) is 0.738. The smallest absolute Gasteiger partial charge is 0.344 e. The Hall–Kier alpha value is -2.53. The molecule has 1 N–H and O–H groups in total. The molecule has 144 valence electrons. The third-order valence-electron chi connectivity index (χ3n) is 3.83. The molecule has 27 heavy (non-hydrogen) atoms. The van der Waals surface area contributed by atoms with Crippen molar-refractivity contribution in [3.05, 3.63) is 58.6 Å². The topological polar surface area (TPSA) is 64.6 Å². The van der Waals surface area contributed by atoms with Crippen LogP contribution in [0, 0.1) is 6.92 Å². The van der Waals surface area contributed by atoms with Crippen molar-refractivity contribution in [2.45, 2.75) is 33.1 Å². The summed E-state index contributed by atoms with van der Waals surface area (Å²) in [5, 5.41) is 3.10. The molecule has 0 bridgehead atoms. The molecule has 2 aromatic carbocycles. The summed E-state index contributed by atoms with van der Waals surface area (Å²) in [6, 6.07) is 12.8. The number of halogens is 1. The number of aryl methyl sites for hydroxylation is 1. The second-order valence-electron chi connectivity index (χ2n) is 7.26. The van der Waals surface area contributed by atoms with Gasteiger partial charge in [0.25, 0.3) is 5.91 Å². The van der Waals surface area contributed by atoms with E-state index in [1.165, 1.54) is 5.56 Å². The highest BCUT2D eigenvalue weighted by Gasteiger charge is 2.14. The van der Waals surface area contributed by atoms with Gasteiger partial charge in [0.05, 0.1) is 5.02 Å². The van der Waals surface area contributed by atoms with Gasteiger partial charge in [-0.3, -0.25) is 4.79 Å². The number of benzene rings is 2. The number of ether oxygens (including phenoxy) is 2. The Morgan fingerprint density at radius 3 is 2.33 bits per heavy atom. The number of nitrogens with one attached hydrogen (secondary N) is 1. The summed E-state index contributed by atoms with van der Waals surface area (Å²) in [5.74, 6) is -0.664. The van der Waals surface area contributed by atoms with E-state index in [1.807, 2.05) is 37.3 Å². The van der Waals surface area contributed by atoms with Gasteiger partial charge in [-0.2, -0.15) is 0 Å². The van der Waals surface area contributed by atoms with Crippen LogP contribution in [-0.2, 0) is 19.7 Å². The predicted octanol–water partition coefficient (Wildman–Crippen LogP) is 4.51. The van der Waals surface area contributed by atoms with Crippen LogP contribution in [0.25, 0.3) is 0 Å². The van der Waals surface area contributed by atoms with Crippen LogP contribution in [0.2, 0.25) is 5.02 Å². The summed E-state index contributed by atoms with van der Waals surface area (Å²) in [4.78, 5) is 23.7. The standard InChI is InChI=1S/C21H24ClNO4/c1-14-5-10-17(22)18(11-14)26-13-20(25)27-12-19(24)23-16-8-6-15(7-9-16)21(2,3)4/h5-11H,12-13H2,1-4H3,(H,23,24). The average molecular weight is 390 g/mol. The monoisotopic (exact) mass is 389 g/mol. The minimum absolute atomic E-state index is 0.0399. The van der Waals surface area contributed by atoms with Crippen molar-refractivity contribution in [1.82, 2.24) is 0 Å². The SMILES string of the molecule is Cc1ccc(Cl)c(OCC(=O)OCC(=O)Nc2ccc(C(C)(C)C)cc2)c1. The first kappa shape index (κ1) is 20.8. The van der Waals surface area contributed by atoms with Crippen LogP contribution in [0.1, 0.15) is 31.9 Å². The second-order valence-corrected chi connectivity index (χ2v) is 7.67. The summed E-state index contributed by atoms with van der Waals surface area (Å²) in [5.41, 5.74) is 2.81. The normalized spacial score (nSPS) is 11.0. The summed E-state index contributed by atoms with van der Waals surface area (Å²) in [6.45, 7) is 7.53. The first-order valence-corrected chi connectivity index (χ1v) is 8.98. The van der Waals surface area contributed by atoms with Gasteiger partial charge in [-0.25, -0.2) is 4.79 Å². The van der Waals surface area contributed by atoms with Crippen molar-refractivity contribution in [3.63, 3.8) is 0 Å². The fourth-order valence-electron chi connectivity index (χ4n) is 2.30. The van der Waals surface area contributed by atoms with Crippen molar-refractivity contribution in [2.75, 3.05) is 18.5 Å². The van der Waals surface area contributed by atoms with Gasteiger partial charge in [-0.05, 0) is 47.7 Å². The molecule has 0 radical (unpaired) electrons. The van der Waals surface area contributed by atoms with E-state index in [0.717, 1.165) is 5.56 Å². The lowest BCUT2D eigenvalue weighted by Crippen LogP contribution is -2.23. The first-order chi connectivity index (χ1) is 12.6. The van der Waals surface area contributed by atoms with Crippen molar-refractivity contribution < 1.29 is 19.1 Å². The highest BCUT2D eigenvalue weighted by molar-refractivity contribution is 6.32. The number of anilines is 1. The Kier molecular flexibility index (Phi) is 6.86. The van der Waals surface area contributed by atoms with Crippen LogP contribution in [0.15, 0.2) is 42.5 Å². The lowest BCUT2D eigenvalue weighted by molar-refractivity contribution is -0.149. The molecule has 0 fully saturated rings. The maximum Gasteiger partial charge on any atom is 0.344 e. The van der Waals surface area contributed by atoms with E-state index in [0.29, 0.717) is 16.5 Å². The number of amides is 1.